The number of hydrogen-bond donors (Lipinski definition) is 0. The summed E-state index contributed by atoms with van der Waals surface area (Å²) < 4.78 is 1.75. The number of pyridine rings is 1. The Balaban J connectivity index is 1.56. The quantitative estimate of drug-likeness (QED) is 0.563. The molecule has 1 aliphatic heterocycles. The SMILES string of the molecule is CCCCN(C)C(=O)C1CCN(C(=O)c2cc(-c3cccs3)nc3c2c(C)nn3C)CC1. The molecule has 3 aromatic heterocycles. The summed E-state index contributed by atoms with van der Waals surface area (Å²) in [6.45, 7) is 6.03. The van der Waals surface area contributed by atoms with Crippen LogP contribution in [0.15, 0.2) is 23.6 Å². The van der Waals surface area contributed by atoms with Gasteiger partial charge in [0.05, 0.1) is 27.2 Å². The Morgan fingerprint density at radius 3 is 2.69 bits per heavy atom. The number of unbranched alkanes of at least 4 members (excludes halogenated alkanes) is 1. The standard InChI is InChI=1S/C24H31N5O2S/c1-5-6-11-27(3)23(30)17-9-12-29(13-10-17)24(31)18-15-19(20-8-7-14-32-20)25-22-21(18)16(2)26-28(22)4/h7-8,14-15,17H,5-6,9-13H2,1-4H3. The molecular weight excluding hydrogens is 422 g/mol. The lowest BCUT2D eigenvalue weighted by atomic mass is 9.94. The number of aryl methyl sites for hydroxylation is 2. The molecule has 3 aromatic rings. The molecule has 0 radical (unpaired) electrons. The van der Waals surface area contributed by atoms with Gasteiger partial charge in [0.25, 0.3) is 5.91 Å². The van der Waals surface area contributed by atoms with E-state index in [1.54, 1.807) is 16.0 Å². The molecule has 1 aliphatic rings. The van der Waals surface area contributed by atoms with Crippen LogP contribution in [0.3, 0.4) is 0 Å². The van der Waals surface area contributed by atoms with Crippen LogP contribution in [0.5, 0.6) is 0 Å². The molecule has 1 fully saturated rings. The smallest absolute Gasteiger partial charge is 0.254 e. The molecule has 8 heteroatoms. The van der Waals surface area contributed by atoms with Gasteiger partial charge in [-0.3, -0.25) is 14.3 Å². The monoisotopic (exact) mass is 453 g/mol. The van der Waals surface area contributed by atoms with Crippen LogP contribution >= 0.6 is 11.3 Å². The van der Waals surface area contributed by atoms with Crippen molar-refractivity contribution in [3.8, 4) is 10.6 Å². The lowest BCUT2D eigenvalue weighted by molar-refractivity contribution is -0.135. The van der Waals surface area contributed by atoms with Crippen LogP contribution in [0.4, 0.5) is 0 Å². The van der Waals surface area contributed by atoms with Crippen LogP contribution in [0.2, 0.25) is 0 Å². The molecule has 0 aromatic carbocycles. The highest BCUT2D eigenvalue weighted by atomic mass is 32.1. The molecule has 32 heavy (non-hydrogen) atoms. The van der Waals surface area contributed by atoms with Gasteiger partial charge in [0, 0.05) is 39.6 Å². The first kappa shape index (κ1) is 22.5. The van der Waals surface area contributed by atoms with E-state index >= 15 is 0 Å². The highest BCUT2D eigenvalue weighted by Crippen LogP contribution is 2.31. The maximum atomic E-state index is 13.6. The van der Waals surface area contributed by atoms with Crippen molar-refractivity contribution >= 4 is 34.2 Å². The van der Waals surface area contributed by atoms with E-state index in [0.717, 1.165) is 46.7 Å². The second-order valence-corrected chi connectivity index (χ2v) is 9.57. The van der Waals surface area contributed by atoms with Gasteiger partial charge in [0.15, 0.2) is 5.65 Å². The number of hydrogen-bond acceptors (Lipinski definition) is 5. The molecule has 170 valence electrons. The van der Waals surface area contributed by atoms with Gasteiger partial charge in [-0.1, -0.05) is 19.4 Å². The van der Waals surface area contributed by atoms with E-state index in [-0.39, 0.29) is 17.7 Å². The van der Waals surface area contributed by atoms with Crippen molar-refractivity contribution in [1.29, 1.82) is 0 Å². The highest BCUT2D eigenvalue weighted by molar-refractivity contribution is 7.13. The summed E-state index contributed by atoms with van der Waals surface area (Å²) in [5.74, 6) is 0.205. The number of nitrogens with zero attached hydrogens (tertiary/aromatic N) is 5. The van der Waals surface area contributed by atoms with Gasteiger partial charge >= 0.3 is 0 Å². The van der Waals surface area contributed by atoms with Gasteiger partial charge < -0.3 is 9.80 Å². The molecule has 7 nitrogen and oxygen atoms in total. The van der Waals surface area contributed by atoms with Crippen LogP contribution in [-0.4, -0.2) is 63.1 Å². The molecule has 1 saturated heterocycles. The molecule has 0 bridgehead atoms. The van der Waals surface area contributed by atoms with E-state index < -0.39 is 0 Å². The van der Waals surface area contributed by atoms with Crippen molar-refractivity contribution < 1.29 is 9.59 Å². The number of carbonyl (C=O) groups is 2. The van der Waals surface area contributed by atoms with Crippen molar-refractivity contribution in [3.63, 3.8) is 0 Å². The zero-order chi connectivity index (χ0) is 22.8. The Bertz CT molecular complexity index is 1110. The van der Waals surface area contributed by atoms with Crippen LogP contribution < -0.4 is 0 Å². The Kier molecular flexibility index (Phi) is 6.60. The average molecular weight is 454 g/mol. The number of thiophene rings is 1. The van der Waals surface area contributed by atoms with Gasteiger partial charge in [0.1, 0.15) is 0 Å². The van der Waals surface area contributed by atoms with E-state index in [0.29, 0.717) is 31.5 Å². The number of amides is 2. The minimum atomic E-state index is -0.00320. The predicted molar refractivity (Wildman–Crippen MR) is 128 cm³/mol. The number of likely N-dealkylation sites (tertiary alicyclic amines) is 1. The molecule has 0 aliphatic carbocycles. The fourth-order valence-electron chi connectivity index (χ4n) is 4.48. The zero-order valence-corrected chi connectivity index (χ0v) is 20.1. The van der Waals surface area contributed by atoms with Crippen LogP contribution in [-0.2, 0) is 11.8 Å². The van der Waals surface area contributed by atoms with E-state index in [1.165, 1.54) is 0 Å². The first-order valence-electron chi connectivity index (χ1n) is 11.3. The first-order valence-corrected chi connectivity index (χ1v) is 12.2. The second-order valence-electron chi connectivity index (χ2n) is 8.62. The van der Waals surface area contributed by atoms with Gasteiger partial charge in [0.2, 0.25) is 5.91 Å². The number of aromatic nitrogens is 3. The third-order valence-corrected chi connectivity index (χ3v) is 7.22. The summed E-state index contributed by atoms with van der Waals surface area (Å²) in [4.78, 5) is 35.9. The molecule has 0 spiro atoms. The van der Waals surface area contributed by atoms with E-state index in [9.17, 15) is 9.59 Å². The molecule has 2 amide bonds. The predicted octanol–water partition coefficient (Wildman–Crippen LogP) is 4.12. The summed E-state index contributed by atoms with van der Waals surface area (Å²) in [5, 5.41) is 7.34. The van der Waals surface area contributed by atoms with Crippen LogP contribution in [0.25, 0.3) is 21.6 Å². The highest BCUT2D eigenvalue weighted by Gasteiger charge is 2.31. The number of carbonyl (C=O) groups excluding carboxylic acids is 2. The maximum Gasteiger partial charge on any atom is 0.254 e. The summed E-state index contributed by atoms with van der Waals surface area (Å²) >= 11 is 1.61. The molecule has 4 heterocycles. The molecule has 0 unspecified atom stereocenters. The van der Waals surface area contributed by atoms with Crippen molar-refractivity contribution in [2.75, 3.05) is 26.7 Å². The minimum absolute atomic E-state index is 0.000160. The normalized spacial score (nSPS) is 14.8. The summed E-state index contributed by atoms with van der Waals surface area (Å²) in [5.41, 5.74) is 2.97. The van der Waals surface area contributed by atoms with Crippen molar-refractivity contribution in [2.24, 2.45) is 13.0 Å². The maximum absolute atomic E-state index is 13.6. The van der Waals surface area contributed by atoms with E-state index in [4.69, 9.17) is 4.98 Å². The lowest BCUT2D eigenvalue weighted by Gasteiger charge is -2.33. The van der Waals surface area contributed by atoms with Crippen molar-refractivity contribution in [3.05, 3.63) is 34.8 Å². The Labute approximate surface area is 193 Å². The topological polar surface area (TPSA) is 71.3 Å². The Morgan fingerprint density at radius 2 is 2.03 bits per heavy atom. The van der Waals surface area contributed by atoms with Crippen molar-refractivity contribution in [2.45, 2.75) is 39.5 Å². The molecule has 0 saturated carbocycles. The molecular formula is C24H31N5O2S. The van der Waals surface area contributed by atoms with Crippen molar-refractivity contribution in [1.82, 2.24) is 24.6 Å². The van der Waals surface area contributed by atoms with Gasteiger partial charge in [-0.15, -0.1) is 11.3 Å². The zero-order valence-electron chi connectivity index (χ0n) is 19.3. The molecule has 4 rings (SSSR count). The summed E-state index contributed by atoms with van der Waals surface area (Å²) in [6, 6.07) is 5.91. The Hall–Kier alpha value is -2.74. The molecule has 0 atom stereocenters. The van der Waals surface area contributed by atoms with E-state index in [2.05, 4.69) is 12.0 Å². The fraction of sp³-hybridized carbons (Fsp3) is 0.500. The second kappa shape index (κ2) is 9.40. The van der Waals surface area contributed by atoms with Gasteiger partial charge in [-0.05, 0) is 43.7 Å². The van der Waals surface area contributed by atoms with Crippen LogP contribution in [0, 0.1) is 12.8 Å². The number of fused-ring (bicyclic) bond motifs is 1. The lowest BCUT2D eigenvalue weighted by Crippen LogP contribution is -2.43. The largest absolute Gasteiger partial charge is 0.346 e. The first-order chi connectivity index (χ1) is 15.4. The number of rotatable bonds is 6. The average Bonchev–Trinajstić information content (AvgIpc) is 3.44. The molecule has 0 N–H and O–H groups in total. The number of piperidine rings is 1. The fourth-order valence-corrected chi connectivity index (χ4v) is 5.17. The third-order valence-electron chi connectivity index (χ3n) is 6.33. The minimum Gasteiger partial charge on any atom is -0.346 e. The summed E-state index contributed by atoms with van der Waals surface area (Å²) in [7, 11) is 3.75. The van der Waals surface area contributed by atoms with Gasteiger partial charge in [-0.2, -0.15) is 5.10 Å². The third kappa shape index (κ3) is 4.28. The van der Waals surface area contributed by atoms with Crippen LogP contribution in [0.1, 0.15) is 48.7 Å². The summed E-state index contributed by atoms with van der Waals surface area (Å²) in [6.07, 6.45) is 3.51. The van der Waals surface area contributed by atoms with Gasteiger partial charge in [-0.25, -0.2) is 4.98 Å². The Morgan fingerprint density at radius 1 is 1.28 bits per heavy atom. The van der Waals surface area contributed by atoms with E-state index in [1.807, 2.05) is 54.4 Å².